The number of hydrogen-bond donors (Lipinski definition) is 3. The number of carbonyl (C=O) groups excluding carboxylic acids is 2. The molecule has 0 saturated carbocycles. The van der Waals surface area contributed by atoms with Crippen molar-refractivity contribution in [3.63, 3.8) is 0 Å². The predicted octanol–water partition coefficient (Wildman–Crippen LogP) is 4.58. The van der Waals surface area contributed by atoms with Crippen molar-refractivity contribution in [2.75, 3.05) is 19.8 Å². The highest BCUT2D eigenvalue weighted by Gasteiger charge is 2.29. The fraction of sp³-hybridized carbons (Fsp3) is 0.462. The van der Waals surface area contributed by atoms with Gasteiger partial charge in [-0.2, -0.15) is 0 Å². The van der Waals surface area contributed by atoms with Crippen molar-refractivity contribution in [1.82, 2.24) is 10.6 Å². The molecule has 0 aliphatic heterocycles. The van der Waals surface area contributed by atoms with Crippen LogP contribution in [0.4, 0.5) is 9.59 Å². The Bertz CT molecular complexity index is 908. The normalized spacial score (nSPS) is 13.6. The number of nitrogens with one attached hydrogen (secondary N) is 2. The Labute approximate surface area is 195 Å². The Kier molecular flexibility index (Phi) is 8.33. The van der Waals surface area contributed by atoms with Crippen molar-refractivity contribution in [3.8, 4) is 11.1 Å². The fourth-order valence-electron chi connectivity index (χ4n) is 4.04. The zero-order chi connectivity index (χ0) is 23.8. The van der Waals surface area contributed by atoms with Gasteiger partial charge >= 0.3 is 12.2 Å². The number of alkyl carbamates (subject to hydrolysis) is 2. The third-order valence-electron chi connectivity index (χ3n) is 5.53. The first-order valence-corrected chi connectivity index (χ1v) is 11.5. The van der Waals surface area contributed by atoms with Crippen molar-refractivity contribution < 1.29 is 24.2 Å². The molecule has 1 atom stereocenters. The van der Waals surface area contributed by atoms with Crippen LogP contribution < -0.4 is 10.6 Å². The molecule has 7 nitrogen and oxygen atoms in total. The van der Waals surface area contributed by atoms with E-state index in [-0.39, 0.29) is 19.1 Å². The van der Waals surface area contributed by atoms with Crippen molar-refractivity contribution in [2.24, 2.45) is 0 Å². The summed E-state index contributed by atoms with van der Waals surface area (Å²) in [6, 6.07) is 15.9. The predicted molar refractivity (Wildman–Crippen MR) is 127 cm³/mol. The standard InChI is InChI=1S/C26H34N2O5/c1-26(2,3)33-24(30)27-15-9-8-10-18(16-29)28-25(31)32-17-23-21-13-6-4-11-19(21)20-12-5-7-14-22(20)23/h4-7,11-14,18,23,29H,8-10,15-17H2,1-3H3,(H,27,30)(H,28,31). The summed E-state index contributed by atoms with van der Waals surface area (Å²) in [4.78, 5) is 24.0. The molecule has 1 aliphatic rings. The molecule has 0 heterocycles. The van der Waals surface area contributed by atoms with E-state index in [0.717, 1.165) is 17.5 Å². The van der Waals surface area contributed by atoms with E-state index in [9.17, 15) is 14.7 Å². The molecule has 7 heteroatoms. The van der Waals surface area contributed by atoms with Gasteiger partial charge in [-0.15, -0.1) is 0 Å². The molecule has 0 saturated heterocycles. The Balaban J connectivity index is 1.41. The van der Waals surface area contributed by atoms with Gasteiger partial charge in [0.25, 0.3) is 0 Å². The molecule has 2 aromatic carbocycles. The highest BCUT2D eigenvalue weighted by atomic mass is 16.6. The van der Waals surface area contributed by atoms with Crippen LogP contribution in [0.5, 0.6) is 0 Å². The summed E-state index contributed by atoms with van der Waals surface area (Å²) in [7, 11) is 0. The minimum atomic E-state index is -0.539. The molecule has 3 N–H and O–H groups in total. The van der Waals surface area contributed by atoms with E-state index in [1.165, 1.54) is 11.1 Å². The lowest BCUT2D eigenvalue weighted by atomic mass is 9.98. The van der Waals surface area contributed by atoms with E-state index in [4.69, 9.17) is 9.47 Å². The summed E-state index contributed by atoms with van der Waals surface area (Å²) < 4.78 is 10.7. The number of unbranched alkanes of at least 4 members (excludes halogenated alkanes) is 1. The summed E-state index contributed by atoms with van der Waals surface area (Å²) in [6.45, 7) is 5.97. The Hall–Kier alpha value is -3.06. The maximum atomic E-state index is 12.4. The Morgan fingerprint density at radius 2 is 1.58 bits per heavy atom. The second kappa shape index (κ2) is 11.2. The molecule has 178 valence electrons. The van der Waals surface area contributed by atoms with Gasteiger partial charge in [-0.05, 0) is 62.3 Å². The van der Waals surface area contributed by atoms with Crippen LogP contribution in [0.2, 0.25) is 0 Å². The highest BCUT2D eigenvalue weighted by molar-refractivity contribution is 5.79. The minimum Gasteiger partial charge on any atom is -0.449 e. The average molecular weight is 455 g/mol. The van der Waals surface area contributed by atoms with Crippen molar-refractivity contribution in [2.45, 2.75) is 57.6 Å². The van der Waals surface area contributed by atoms with Crippen LogP contribution >= 0.6 is 0 Å². The van der Waals surface area contributed by atoms with E-state index in [1.807, 2.05) is 45.0 Å². The number of amides is 2. The van der Waals surface area contributed by atoms with Gasteiger partial charge in [0.15, 0.2) is 0 Å². The van der Waals surface area contributed by atoms with E-state index in [0.29, 0.717) is 19.4 Å². The van der Waals surface area contributed by atoms with Gasteiger partial charge in [0.2, 0.25) is 0 Å². The third-order valence-corrected chi connectivity index (χ3v) is 5.53. The molecule has 0 radical (unpaired) electrons. The number of hydrogen-bond acceptors (Lipinski definition) is 5. The largest absolute Gasteiger partial charge is 0.449 e. The van der Waals surface area contributed by atoms with Crippen molar-refractivity contribution >= 4 is 12.2 Å². The lowest BCUT2D eigenvalue weighted by Gasteiger charge is -2.20. The first-order valence-electron chi connectivity index (χ1n) is 11.5. The van der Waals surface area contributed by atoms with Crippen LogP contribution in [0, 0.1) is 0 Å². The monoisotopic (exact) mass is 454 g/mol. The van der Waals surface area contributed by atoms with Gasteiger partial charge < -0.3 is 25.2 Å². The highest BCUT2D eigenvalue weighted by Crippen LogP contribution is 2.44. The van der Waals surface area contributed by atoms with Crippen LogP contribution in [-0.4, -0.2) is 48.7 Å². The SMILES string of the molecule is CC(C)(C)OC(=O)NCCCCC(CO)NC(=O)OCC1c2ccccc2-c2ccccc21. The number of ether oxygens (including phenoxy) is 2. The van der Waals surface area contributed by atoms with Gasteiger partial charge in [-0.1, -0.05) is 48.5 Å². The summed E-state index contributed by atoms with van der Waals surface area (Å²) >= 11 is 0. The molecule has 1 aliphatic carbocycles. The van der Waals surface area contributed by atoms with E-state index in [2.05, 4.69) is 34.9 Å². The summed E-state index contributed by atoms with van der Waals surface area (Å²) in [5.74, 6) is -0.00495. The number of rotatable bonds is 9. The average Bonchev–Trinajstić information content (AvgIpc) is 3.09. The number of aliphatic hydroxyl groups is 1. The van der Waals surface area contributed by atoms with E-state index < -0.39 is 23.8 Å². The quantitative estimate of drug-likeness (QED) is 0.482. The van der Waals surface area contributed by atoms with Gasteiger partial charge in [-0.3, -0.25) is 0 Å². The lowest BCUT2D eigenvalue weighted by Crippen LogP contribution is -2.38. The number of carbonyl (C=O) groups is 2. The smallest absolute Gasteiger partial charge is 0.407 e. The number of aliphatic hydroxyl groups excluding tert-OH is 1. The van der Waals surface area contributed by atoms with E-state index in [1.54, 1.807) is 0 Å². The maximum absolute atomic E-state index is 12.4. The molecular formula is C26H34N2O5. The Morgan fingerprint density at radius 3 is 2.15 bits per heavy atom. The van der Waals surface area contributed by atoms with Crippen LogP contribution in [0.3, 0.4) is 0 Å². The molecule has 0 aromatic heterocycles. The molecular weight excluding hydrogens is 420 g/mol. The second-order valence-corrected chi connectivity index (χ2v) is 9.27. The fourth-order valence-corrected chi connectivity index (χ4v) is 4.04. The molecule has 2 amide bonds. The zero-order valence-electron chi connectivity index (χ0n) is 19.6. The molecule has 3 rings (SSSR count). The topological polar surface area (TPSA) is 96.9 Å². The summed E-state index contributed by atoms with van der Waals surface area (Å²) in [6.07, 6.45) is 1.03. The van der Waals surface area contributed by atoms with Gasteiger partial charge in [0.1, 0.15) is 12.2 Å². The maximum Gasteiger partial charge on any atom is 0.407 e. The number of benzene rings is 2. The molecule has 1 unspecified atom stereocenters. The van der Waals surface area contributed by atoms with Gasteiger partial charge in [0, 0.05) is 12.5 Å². The van der Waals surface area contributed by atoms with Crippen LogP contribution in [0.15, 0.2) is 48.5 Å². The molecule has 0 bridgehead atoms. The van der Waals surface area contributed by atoms with Gasteiger partial charge in [-0.25, -0.2) is 9.59 Å². The number of fused-ring (bicyclic) bond motifs is 3. The second-order valence-electron chi connectivity index (χ2n) is 9.27. The first kappa shape index (κ1) is 24.6. The van der Waals surface area contributed by atoms with Crippen LogP contribution in [0.25, 0.3) is 11.1 Å². The zero-order valence-corrected chi connectivity index (χ0v) is 19.6. The van der Waals surface area contributed by atoms with Crippen molar-refractivity contribution in [3.05, 3.63) is 59.7 Å². The van der Waals surface area contributed by atoms with Crippen LogP contribution in [0.1, 0.15) is 57.1 Å². The molecule has 33 heavy (non-hydrogen) atoms. The molecule has 0 fully saturated rings. The third kappa shape index (κ3) is 6.96. The van der Waals surface area contributed by atoms with Crippen molar-refractivity contribution in [1.29, 1.82) is 0 Å². The van der Waals surface area contributed by atoms with Gasteiger partial charge in [0.05, 0.1) is 12.6 Å². The summed E-state index contributed by atoms with van der Waals surface area (Å²) in [5.41, 5.74) is 4.13. The first-order chi connectivity index (χ1) is 15.8. The summed E-state index contributed by atoms with van der Waals surface area (Å²) in [5, 5.41) is 15.1. The minimum absolute atomic E-state index is 0.00495. The lowest BCUT2D eigenvalue weighted by molar-refractivity contribution is 0.0526. The van der Waals surface area contributed by atoms with E-state index >= 15 is 0 Å². The molecule has 2 aromatic rings. The Morgan fingerprint density at radius 1 is 0.970 bits per heavy atom. The van der Waals surface area contributed by atoms with Crippen LogP contribution in [-0.2, 0) is 9.47 Å². The molecule has 0 spiro atoms.